The van der Waals surface area contributed by atoms with Crippen LogP contribution >= 0.6 is 0 Å². The van der Waals surface area contributed by atoms with Gasteiger partial charge in [-0.05, 0) is 31.0 Å². The molecule has 1 fully saturated rings. The molecule has 0 bridgehead atoms. The Morgan fingerprint density at radius 3 is 2.67 bits per heavy atom. The molecule has 1 aromatic rings. The Morgan fingerprint density at radius 1 is 1.29 bits per heavy atom. The fourth-order valence-electron chi connectivity index (χ4n) is 2.87. The van der Waals surface area contributed by atoms with Gasteiger partial charge in [0.2, 0.25) is 0 Å². The van der Waals surface area contributed by atoms with Crippen LogP contribution in [0.4, 0.5) is 11.4 Å². The van der Waals surface area contributed by atoms with Crippen molar-refractivity contribution in [2.75, 3.05) is 30.4 Å². The molecule has 3 rings (SSSR count). The summed E-state index contributed by atoms with van der Waals surface area (Å²) in [5, 5.41) is 2.57. The average molecular weight is 288 g/mol. The zero-order valence-electron chi connectivity index (χ0n) is 11.7. The number of hydrogen-bond donors (Lipinski definition) is 1. The summed E-state index contributed by atoms with van der Waals surface area (Å²) in [4.78, 5) is 36.6. The third kappa shape index (κ3) is 2.37. The quantitative estimate of drug-likeness (QED) is 0.654. The molecular weight excluding hydrogens is 272 g/mol. The Hall–Kier alpha value is -2.37. The van der Waals surface area contributed by atoms with E-state index < -0.39 is 11.7 Å². The second kappa shape index (κ2) is 5.20. The van der Waals surface area contributed by atoms with Crippen molar-refractivity contribution in [3.8, 4) is 0 Å². The minimum absolute atomic E-state index is 0.0399. The van der Waals surface area contributed by atoms with Crippen molar-refractivity contribution in [3.63, 3.8) is 0 Å². The lowest BCUT2D eigenvalue weighted by Gasteiger charge is -2.32. The van der Waals surface area contributed by atoms with Gasteiger partial charge in [0.05, 0.1) is 24.3 Å². The van der Waals surface area contributed by atoms with Crippen molar-refractivity contribution in [2.24, 2.45) is 5.92 Å². The van der Waals surface area contributed by atoms with Gasteiger partial charge in [0.25, 0.3) is 11.7 Å². The fourth-order valence-corrected chi connectivity index (χ4v) is 2.87. The van der Waals surface area contributed by atoms with E-state index in [2.05, 4.69) is 10.2 Å². The first kappa shape index (κ1) is 13.6. The molecule has 0 radical (unpaired) electrons. The summed E-state index contributed by atoms with van der Waals surface area (Å²) >= 11 is 0. The van der Waals surface area contributed by atoms with E-state index in [0.717, 1.165) is 31.6 Å². The smallest absolute Gasteiger partial charge is 0.308 e. The predicted molar refractivity (Wildman–Crippen MR) is 76.4 cm³/mol. The van der Waals surface area contributed by atoms with E-state index in [-0.39, 0.29) is 11.9 Å². The van der Waals surface area contributed by atoms with Crippen molar-refractivity contribution in [1.29, 1.82) is 0 Å². The molecule has 21 heavy (non-hydrogen) atoms. The standard InChI is InChI=1S/C15H16N2O4/c1-21-15(20)9-4-6-17(7-5-9)10-2-3-11-12(8-10)16-14(19)13(11)18/h2-3,8-9H,4-7H2,1H3,(H,16,18,19). The third-order valence-corrected chi connectivity index (χ3v) is 4.10. The molecule has 0 aliphatic carbocycles. The number of Topliss-reactive ketones (excluding diaryl/α,β-unsaturated/α-hetero) is 1. The second-order valence-corrected chi connectivity index (χ2v) is 5.30. The number of rotatable bonds is 2. The number of nitrogens with zero attached hydrogens (tertiary/aromatic N) is 1. The van der Waals surface area contributed by atoms with E-state index in [1.165, 1.54) is 7.11 Å². The third-order valence-electron chi connectivity index (χ3n) is 4.10. The molecule has 110 valence electrons. The highest BCUT2D eigenvalue weighted by Gasteiger charge is 2.30. The molecule has 1 aromatic carbocycles. The minimum Gasteiger partial charge on any atom is -0.469 e. The Bertz CT molecular complexity index is 618. The number of esters is 1. The van der Waals surface area contributed by atoms with Crippen LogP contribution in [-0.2, 0) is 14.3 Å². The topological polar surface area (TPSA) is 75.7 Å². The molecule has 6 heteroatoms. The molecule has 1 amide bonds. The number of fused-ring (bicyclic) bond motifs is 1. The van der Waals surface area contributed by atoms with Crippen LogP contribution in [0.2, 0.25) is 0 Å². The molecule has 0 spiro atoms. The van der Waals surface area contributed by atoms with Crippen molar-refractivity contribution in [3.05, 3.63) is 23.8 Å². The molecule has 0 unspecified atom stereocenters. The summed E-state index contributed by atoms with van der Waals surface area (Å²) < 4.78 is 4.77. The summed E-state index contributed by atoms with van der Waals surface area (Å²) in [5.74, 6) is -1.25. The van der Waals surface area contributed by atoms with Crippen LogP contribution in [0.25, 0.3) is 0 Å². The van der Waals surface area contributed by atoms with E-state index in [1.54, 1.807) is 6.07 Å². The van der Waals surface area contributed by atoms with Gasteiger partial charge in [-0.3, -0.25) is 14.4 Å². The Morgan fingerprint density at radius 2 is 2.00 bits per heavy atom. The Kier molecular flexibility index (Phi) is 3.37. The molecule has 2 aliphatic heterocycles. The molecular formula is C15H16N2O4. The molecule has 2 aliphatic rings. The van der Waals surface area contributed by atoms with Gasteiger partial charge >= 0.3 is 5.97 Å². The van der Waals surface area contributed by atoms with E-state index >= 15 is 0 Å². The molecule has 6 nitrogen and oxygen atoms in total. The van der Waals surface area contributed by atoms with Crippen LogP contribution in [0.1, 0.15) is 23.2 Å². The van der Waals surface area contributed by atoms with Crippen molar-refractivity contribution in [1.82, 2.24) is 0 Å². The van der Waals surface area contributed by atoms with E-state index in [4.69, 9.17) is 4.74 Å². The van der Waals surface area contributed by atoms with Gasteiger partial charge < -0.3 is 15.0 Å². The number of methoxy groups -OCH3 is 1. The van der Waals surface area contributed by atoms with Crippen LogP contribution in [0.5, 0.6) is 0 Å². The fraction of sp³-hybridized carbons (Fsp3) is 0.400. The van der Waals surface area contributed by atoms with Gasteiger partial charge in [0.15, 0.2) is 0 Å². The van der Waals surface area contributed by atoms with Gasteiger partial charge in [-0.25, -0.2) is 0 Å². The highest BCUT2D eigenvalue weighted by Crippen LogP contribution is 2.30. The number of piperidine rings is 1. The first-order valence-electron chi connectivity index (χ1n) is 6.92. The number of ketones is 1. The van der Waals surface area contributed by atoms with E-state index in [9.17, 15) is 14.4 Å². The van der Waals surface area contributed by atoms with Crippen molar-refractivity contribution >= 4 is 29.0 Å². The van der Waals surface area contributed by atoms with Gasteiger partial charge in [-0.15, -0.1) is 0 Å². The van der Waals surface area contributed by atoms with Crippen LogP contribution in [0.3, 0.4) is 0 Å². The summed E-state index contributed by atoms with van der Waals surface area (Å²) in [6.45, 7) is 1.50. The van der Waals surface area contributed by atoms with Crippen LogP contribution < -0.4 is 10.2 Å². The zero-order valence-corrected chi connectivity index (χ0v) is 11.7. The Balaban J connectivity index is 1.73. The summed E-state index contributed by atoms with van der Waals surface area (Å²) in [6, 6.07) is 5.34. The normalized spacial score (nSPS) is 18.4. The summed E-state index contributed by atoms with van der Waals surface area (Å²) in [7, 11) is 1.41. The number of ether oxygens (including phenoxy) is 1. The first-order chi connectivity index (χ1) is 10.1. The van der Waals surface area contributed by atoms with Crippen molar-refractivity contribution < 1.29 is 19.1 Å². The molecule has 0 atom stereocenters. The highest BCUT2D eigenvalue weighted by molar-refractivity contribution is 6.51. The number of hydrogen-bond acceptors (Lipinski definition) is 5. The SMILES string of the molecule is COC(=O)C1CCN(c2ccc3c(c2)NC(=O)C3=O)CC1. The maximum atomic E-state index is 11.6. The number of nitrogens with one attached hydrogen (secondary N) is 1. The van der Waals surface area contributed by atoms with Crippen LogP contribution in [-0.4, -0.2) is 37.9 Å². The minimum atomic E-state index is -0.577. The Labute approximate surface area is 122 Å². The predicted octanol–water partition coefficient (Wildman–Crippen LogP) is 1.21. The molecule has 2 heterocycles. The first-order valence-corrected chi connectivity index (χ1v) is 6.92. The zero-order chi connectivity index (χ0) is 15.0. The number of amides is 1. The monoisotopic (exact) mass is 288 g/mol. The van der Waals surface area contributed by atoms with Gasteiger partial charge in [-0.1, -0.05) is 0 Å². The maximum absolute atomic E-state index is 11.6. The largest absolute Gasteiger partial charge is 0.469 e. The highest BCUT2D eigenvalue weighted by atomic mass is 16.5. The number of carbonyl (C=O) groups excluding carboxylic acids is 3. The molecule has 0 aromatic heterocycles. The molecule has 0 saturated carbocycles. The average Bonchev–Trinajstić information content (AvgIpc) is 2.81. The van der Waals surface area contributed by atoms with E-state index in [0.29, 0.717) is 11.3 Å². The maximum Gasteiger partial charge on any atom is 0.308 e. The summed E-state index contributed by atoms with van der Waals surface area (Å²) in [6.07, 6.45) is 1.49. The number of benzene rings is 1. The van der Waals surface area contributed by atoms with Crippen molar-refractivity contribution in [2.45, 2.75) is 12.8 Å². The van der Waals surface area contributed by atoms with Crippen LogP contribution in [0.15, 0.2) is 18.2 Å². The van der Waals surface area contributed by atoms with Gasteiger partial charge in [-0.2, -0.15) is 0 Å². The lowest BCUT2D eigenvalue weighted by Crippen LogP contribution is -2.36. The summed E-state index contributed by atoms with van der Waals surface area (Å²) in [5.41, 5.74) is 1.94. The van der Waals surface area contributed by atoms with E-state index in [1.807, 2.05) is 12.1 Å². The second-order valence-electron chi connectivity index (χ2n) is 5.30. The lowest BCUT2D eigenvalue weighted by molar-refractivity contribution is -0.146. The molecule has 1 saturated heterocycles. The number of carbonyl (C=O) groups is 3. The molecule has 1 N–H and O–H groups in total. The van der Waals surface area contributed by atoms with Gasteiger partial charge in [0.1, 0.15) is 0 Å². The van der Waals surface area contributed by atoms with Crippen LogP contribution in [0, 0.1) is 5.92 Å². The number of anilines is 2. The lowest BCUT2D eigenvalue weighted by atomic mass is 9.96. The van der Waals surface area contributed by atoms with Gasteiger partial charge in [0, 0.05) is 18.8 Å².